The quantitative estimate of drug-likeness (QED) is 0.303. The summed E-state index contributed by atoms with van der Waals surface area (Å²) in [5.41, 5.74) is -0.0752. The van der Waals surface area contributed by atoms with Crippen molar-refractivity contribution in [2.45, 2.75) is 81.6 Å². The summed E-state index contributed by atoms with van der Waals surface area (Å²) in [6.45, 7) is 7.29. The summed E-state index contributed by atoms with van der Waals surface area (Å²) in [6, 6.07) is 7.96. The van der Waals surface area contributed by atoms with E-state index in [0.29, 0.717) is 29.7 Å². The highest BCUT2D eigenvalue weighted by atomic mass is 32.2. The van der Waals surface area contributed by atoms with E-state index in [2.05, 4.69) is 21.9 Å². The lowest BCUT2D eigenvalue weighted by Gasteiger charge is -2.31. The lowest BCUT2D eigenvalue weighted by Crippen LogP contribution is -2.58. The van der Waals surface area contributed by atoms with Gasteiger partial charge in [-0.3, -0.25) is 24.0 Å². The average Bonchev–Trinajstić information content (AvgIpc) is 3.94. The number of carbonyl (C=O) groups excluding carboxylic acids is 4. The first-order valence-corrected chi connectivity index (χ1v) is 17.8. The predicted octanol–water partition coefficient (Wildman–Crippen LogP) is 3.19. The van der Waals surface area contributed by atoms with Crippen LogP contribution in [0.4, 0.5) is 19.3 Å². The highest BCUT2D eigenvalue weighted by Crippen LogP contribution is 2.45. The summed E-state index contributed by atoms with van der Waals surface area (Å²) in [6.07, 6.45) is 0.657. The zero-order valence-corrected chi connectivity index (χ0v) is 28.0. The SMILES string of the molecule is C=C[C@@H]1C[C@]1(NC(=O)[C@@H]1CC(OC(=O)N2Cc3cccc(F)c3C2)CN1C(=O)[C@@H](Nc1ccc(F)cc1)C(C)C)C(=O)NS(=O)(=O)C1CC1. The lowest BCUT2D eigenvalue weighted by atomic mass is 10.0. The van der Waals surface area contributed by atoms with Crippen molar-refractivity contribution in [1.29, 1.82) is 0 Å². The normalized spacial score (nSPS) is 25.0. The molecule has 2 aliphatic heterocycles. The molecule has 0 aromatic heterocycles. The third-order valence-corrected chi connectivity index (χ3v) is 11.5. The van der Waals surface area contributed by atoms with Gasteiger partial charge in [0.25, 0.3) is 5.91 Å². The lowest BCUT2D eigenvalue weighted by molar-refractivity contribution is -0.140. The Hall–Kier alpha value is -4.53. The Kier molecular flexibility index (Phi) is 9.15. The number of likely N-dealkylation sites (tertiary alicyclic amines) is 1. The first-order chi connectivity index (χ1) is 23.2. The number of hydrogen-bond donors (Lipinski definition) is 3. The molecule has 3 N–H and O–H groups in total. The molecule has 5 atom stereocenters. The summed E-state index contributed by atoms with van der Waals surface area (Å²) < 4.78 is 61.0. The van der Waals surface area contributed by atoms with Gasteiger partial charge in [-0.05, 0) is 61.1 Å². The maximum atomic E-state index is 14.4. The number of nitrogens with one attached hydrogen (secondary N) is 3. The van der Waals surface area contributed by atoms with E-state index >= 15 is 0 Å². The van der Waals surface area contributed by atoms with E-state index in [4.69, 9.17) is 4.74 Å². The topological polar surface area (TPSA) is 154 Å². The highest BCUT2D eigenvalue weighted by Gasteiger charge is 2.62. The minimum absolute atomic E-state index is 0.00146. The van der Waals surface area contributed by atoms with Gasteiger partial charge >= 0.3 is 6.09 Å². The molecule has 1 saturated heterocycles. The smallest absolute Gasteiger partial charge is 0.410 e. The second kappa shape index (κ2) is 13.1. The summed E-state index contributed by atoms with van der Waals surface area (Å²) >= 11 is 0. The third kappa shape index (κ3) is 6.98. The molecule has 0 radical (unpaired) electrons. The molecule has 0 bridgehead atoms. The zero-order valence-electron chi connectivity index (χ0n) is 27.2. The van der Waals surface area contributed by atoms with Crippen LogP contribution in [0, 0.1) is 23.5 Å². The molecule has 2 aromatic carbocycles. The van der Waals surface area contributed by atoms with Crippen LogP contribution in [0.25, 0.3) is 0 Å². The monoisotopic (exact) mass is 699 g/mol. The highest BCUT2D eigenvalue weighted by molar-refractivity contribution is 7.91. The van der Waals surface area contributed by atoms with Crippen molar-refractivity contribution in [1.82, 2.24) is 19.8 Å². The molecule has 6 rings (SSSR count). The van der Waals surface area contributed by atoms with E-state index in [1.54, 1.807) is 26.0 Å². The molecule has 2 aliphatic carbocycles. The molecular formula is C34H39F2N5O7S. The Morgan fingerprint density at radius 2 is 1.78 bits per heavy atom. The number of carbonyl (C=O) groups is 4. The number of fused-ring (bicyclic) bond motifs is 1. The van der Waals surface area contributed by atoms with Crippen molar-refractivity contribution >= 4 is 39.5 Å². The summed E-state index contributed by atoms with van der Waals surface area (Å²) in [5, 5.41) is 5.16. The van der Waals surface area contributed by atoms with Crippen LogP contribution in [0.15, 0.2) is 55.1 Å². The molecule has 262 valence electrons. The van der Waals surface area contributed by atoms with Crippen LogP contribution in [0.5, 0.6) is 0 Å². The number of sulfonamides is 1. The van der Waals surface area contributed by atoms with Crippen LogP contribution in [0.2, 0.25) is 0 Å². The number of anilines is 1. The van der Waals surface area contributed by atoms with Gasteiger partial charge in [-0.2, -0.15) is 0 Å². The van der Waals surface area contributed by atoms with Gasteiger partial charge in [-0.25, -0.2) is 22.0 Å². The largest absolute Gasteiger partial charge is 0.444 e. The van der Waals surface area contributed by atoms with Crippen molar-refractivity contribution in [3.05, 3.63) is 77.9 Å². The van der Waals surface area contributed by atoms with Gasteiger partial charge in [-0.15, -0.1) is 6.58 Å². The molecule has 2 heterocycles. The molecular weight excluding hydrogens is 660 g/mol. The zero-order chi connectivity index (χ0) is 35.2. The number of ether oxygens (including phenoxy) is 1. The Morgan fingerprint density at radius 1 is 1.06 bits per heavy atom. The van der Waals surface area contributed by atoms with Crippen molar-refractivity contribution in [3.63, 3.8) is 0 Å². The fourth-order valence-electron chi connectivity index (χ4n) is 6.54. The standard InChI is InChI=1S/C34H39F2N5O7S/c1-4-21-15-34(21,32(44)39-49(46,47)25-12-13-25)38-30(42)28-14-24(48-33(45)40-16-20-6-5-7-27(36)26(20)18-40)17-41(28)31(43)29(19(2)3)37-23-10-8-22(35)9-11-23/h4-11,19,21,24-25,28-29,37H,1,12-18H2,2-3H3,(H,38,42)(H,39,44)/t21-,24?,28+,29+,34-/m1/s1. The minimum atomic E-state index is -3.91. The van der Waals surface area contributed by atoms with Crippen molar-refractivity contribution in [3.8, 4) is 0 Å². The van der Waals surface area contributed by atoms with Crippen LogP contribution in [-0.4, -0.2) is 77.6 Å². The first kappa shape index (κ1) is 34.3. The van der Waals surface area contributed by atoms with Crippen LogP contribution in [0.3, 0.4) is 0 Å². The summed E-state index contributed by atoms with van der Waals surface area (Å²) in [5.74, 6) is -3.85. The maximum absolute atomic E-state index is 14.4. The Bertz CT molecular complexity index is 1780. The van der Waals surface area contributed by atoms with E-state index in [0.717, 1.165) is 0 Å². The van der Waals surface area contributed by atoms with E-state index in [1.165, 1.54) is 46.2 Å². The number of nitrogens with zero attached hydrogens (tertiary/aromatic N) is 2. The van der Waals surface area contributed by atoms with E-state index in [-0.39, 0.29) is 38.4 Å². The number of amides is 4. The fourth-order valence-corrected chi connectivity index (χ4v) is 7.90. The van der Waals surface area contributed by atoms with Crippen molar-refractivity contribution in [2.24, 2.45) is 11.8 Å². The van der Waals surface area contributed by atoms with Crippen molar-refractivity contribution in [2.75, 3.05) is 11.9 Å². The van der Waals surface area contributed by atoms with Gasteiger partial charge in [-0.1, -0.05) is 32.1 Å². The first-order valence-electron chi connectivity index (χ1n) is 16.3. The number of benzene rings is 2. The number of hydrogen-bond acceptors (Lipinski definition) is 8. The molecule has 2 saturated carbocycles. The Labute approximate surface area is 283 Å². The van der Waals surface area contributed by atoms with Crippen molar-refractivity contribution < 1.29 is 41.1 Å². The average molecular weight is 700 g/mol. The Morgan fingerprint density at radius 3 is 2.39 bits per heavy atom. The molecule has 2 aromatic rings. The van der Waals surface area contributed by atoms with Crippen LogP contribution in [-0.2, 0) is 42.2 Å². The number of halogens is 2. The molecule has 49 heavy (non-hydrogen) atoms. The van der Waals surface area contributed by atoms with E-state index in [1.807, 2.05) is 0 Å². The van der Waals surface area contributed by atoms with Gasteiger partial charge in [0.1, 0.15) is 35.4 Å². The van der Waals surface area contributed by atoms with Crippen LogP contribution in [0.1, 0.15) is 50.7 Å². The molecule has 4 aliphatic rings. The minimum Gasteiger partial charge on any atom is -0.444 e. The van der Waals surface area contributed by atoms with E-state index < -0.39 is 80.4 Å². The second-order valence-electron chi connectivity index (χ2n) is 13.5. The third-order valence-electron chi connectivity index (χ3n) is 9.65. The molecule has 3 fully saturated rings. The van der Waals surface area contributed by atoms with Gasteiger partial charge in [0.05, 0.1) is 18.3 Å². The van der Waals surface area contributed by atoms with Gasteiger partial charge in [0.15, 0.2) is 0 Å². The van der Waals surface area contributed by atoms with Gasteiger partial charge in [0, 0.05) is 30.1 Å². The second-order valence-corrected chi connectivity index (χ2v) is 15.5. The maximum Gasteiger partial charge on any atom is 0.410 e. The fraction of sp³-hybridized carbons (Fsp3) is 0.471. The molecule has 0 spiro atoms. The summed E-state index contributed by atoms with van der Waals surface area (Å²) in [7, 11) is -3.91. The van der Waals surface area contributed by atoms with Gasteiger partial charge in [0.2, 0.25) is 21.8 Å². The molecule has 1 unspecified atom stereocenters. The number of rotatable bonds is 11. The predicted molar refractivity (Wildman–Crippen MR) is 174 cm³/mol. The molecule has 4 amide bonds. The van der Waals surface area contributed by atoms with Crippen LogP contribution >= 0.6 is 0 Å². The summed E-state index contributed by atoms with van der Waals surface area (Å²) in [4.78, 5) is 57.4. The van der Waals surface area contributed by atoms with Crippen LogP contribution < -0.4 is 15.4 Å². The van der Waals surface area contributed by atoms with Gasteiger partial charge < -0.3 is 20.3 Å². The van der Waals surface area contributed by atoms with E-state index in [9.17, 15) is 36.4 Å². The molecule has 15 heteroatoms. The molecule has 12 nitrogen and oxygen atoms in total. The Balaban J connectivity index is 1.22.